The van der Waals surface area contributed by atoms with Gasteiger partial charge in [0, 0.05) is 17.3 Å². The third kappa shape index (κ3) is 1.84. The van der Waals surface area contributed by atoms with Gasteiger partial charge in [-0.3, -0.25) is 0 Å². The average Bonchev–Trinajstić information content (AvgIpc) is 3.25. The number of aryl methyl sites for hydroxylation is 2. The zero-order valence-electron chi connectivity index (χ0n) is 17.7. The molecule has 3 aromatic rings. The van der Waals surface area contributed by atoms with Gasteiger partial charge in [0.25, 0.3) is 0 Å². The summed E-state index contributed by atoms with van der Waals surface area (Å²) in [6, 6.07) is 21.3. The van der Waals surface area contributed by atoms with Crippen molar-refractivity contribution in [2.75, 3.05) is 0 Å². The smallest absolute Gasteiger partial charge is 0.0208 e. The number of hydrogen-bond acceptors (Lipinski definition) is 0. The van der Waals surface area contributed by atoms with Gasteiger partial charge in [-0.05, 0) is 77.1 Å². The molecule has 1 spiro atoms. The average molecular weight is 387 g/mol. The Kier molecular flexibility index (Phi) is 3.17. The van der Waals surface area contributed by atoms with E-state index in [1.807, 2.05) is 0 Å². The molecule has 30 heavy (non-hydrogen) atoms. The molecule has 4 atom stereocenters. The molecule has 7 rings (SSSR count). The topological polar surface area (TPSA) is 0 Å². The number of fused-ring (bicyclic) bond motifs is 9. The highest BCUT2D eigenvalue weighted by Crippen LogP contribution is 2.68. The van der Waals surface area contributed by atoms with Crippen LogP contribution in [0.25, 0.3) is 11.1 Å². The van der Waals surface area contributed by atoms with Crippen LogP contribution in [0.2, 0.25) is 0 Å². The van der Waals surface area contributed by atoms with E-state index in [2.05, 4.69) is 92.7 Å². The summed E-state index contributed by atoms with van der Waals surface area (Å²) in [7, 11) is 0. The molecule has 0 fully saturated rings. The van der Waals surface area contributed by atoms with Crippen molar-refractivity contribution >= 4 is 0 Å². The van der Waals surface area contributed by atoms with Crippen molar-refractivity contribution in [2.45, 2.75) is 43.9 Å². The summed E-state index contributed by atoms with van der Waals surface area (Å²) >= 11 is 0. The summed E-state index contributed by atoms with van der Waals surface area (Å²) < 4.78 is 0. The van der Waals surface area contributed by atoms with Crippen molar-refractivity contribution in [1.82, 2.24) is 0 Å². The third-order valence-corrected chi connectivity index (χ3v) is 8.54. The van der Waals surface area contributed by atoms with Gasteiger partial charge in [-0.2, -0.15) is 0 Å². The Balaban J connectivity index is 1.60. The third-order valence-electron chi connectivity index (χ3n) is 8.54. The van der Waals surface area contributed by atoms with Crippen molar-refractivity contribution in [1.29, 1.82) is 0 Å². The molecule has 4 aliphatic carbocycles. The van der Waals surface area contributed by atoms with Gasteiger partial charge in [-0.25, -0.2) is 0 Å². The highest BCUT2D eigenvalue weighted by Gasteiger charge is 2.59. The molecule has 0 N–H and O–H groups in total. The number of allylic oxidation sites excluding steroid dienone is 4. The van der Waals surface area contributed by atoms with Crippen LogP contribution in [0.5, 0.6) is 0 Å². The van der Waals surface area contributed by atoms with Gasteiger partial charge in [0.2, 0.25) is 0 Å². The Morgan fingerprint density at radius 3 is 2.60 bits per heavy atom. The van der Waals surface area contributed by atoms with E-state index in [4.69, 9.17) is 0 Å². The molecule has 3 aromatic carbocycles. The second kappa shape index (κ2) is 5.64. The molecule has 0 radical (unpaired) electrons. The lowest BCUT2D eigenvalue weighted by molar-refractivity contribution is 0.259. The van der Waals surface area contributed by atoms with E-state index in [1.165, 1.54) is 35.1 Å². The van der Waals surface area contributed by atoms with Crippen LogP contribution in [0.3, 0.4) is 0 Å². The molecule has 0 saturated heterocycles. The summed E-state index contributed by atoms with van der Waals surface area (Å²) in [5.41, 5.74) is 13.9. The molecule has 0 heterocycles. The van der Waals surface area contributed by atoms with Crippen molar-refractivity contribution < 1.29 is 0 Å². The Morgan fingerprint density at radius 1 is 0.833 bits per heavy atom. The standard InChI is InChI=1S/C30H26/c1-18-11-13-21-24-14-12-19(2)20-15-16-30(29(28(20)24)25(21)17-18)26-9-5-3-7-22(26)23-8-4-6-10-27(23)30/h3-14,17,22,26,29H,15-16H2,1-2H3. The fourth-order valence-corrected chi connectivity index (χ4v) is 7.44. The van der Waals surface area contributed by atoms with Crippen molar-refractivity contribution in [3.63, 3.8) is 0 Å². The van der Waals surface area contributed by atoms with Gasteiger partial charge in [0.05, 0.1) is 0 Å². The zero-order chi connectivity index (χ0) is 20.0. The first-order valence-corrected chi connectivity index (χ1v) is 11.4. The van der Waals surface area contributed by atoms with Gasteiger partial charge in [0.1, 0.15) is 0 Å². The molecule has 0 saturated carbocycles. The van der Waals surface area contributed by atoms with E-state index in [0.29, 0.717) is 17.8 Å². The van der Waals surface area contributed by atoms with Crippen LogP contribution in [0, 0.1) is 19.8 Å². The number of hydrogen-bond donors (Lipinski definition) is 0. The number of rotatable bonds is 0. The van der Waals surface area contributed by atoms with Crippen LogP contribution in [0.4, 0.5) is 0 Å². The Labute approximate surface area is 179 Å². The minimum atomic E-state index is 0.150. The van der Waals surface area contributed by atoms with Crippen LogP contribution in [0.15, 0.2) is 78.9 Å². The molecule has 0 amide bonds. The molecule has 146 valence electrons. The summed E-state index contributed by atoms with van der Waals surface area (Å²) in [5, 5.41) is 0. The first kappa shape index (κ1) is 16.9. The first-order chi connectivity index (χ1) is 14.7. The monoisotopic (exact) mass is 386 g/mol. The Morgan fingerprint density at radius 2 is 1.67 bits per heavy atom. The van der Waals surface area contributed by atoms with Crippen molar-refractivity contribution in [3.05, 3.63) is 118 Å². The quantitative estimate of drug-likeness (QED) is 0.385. The second-order valence-corrected chi connectivity index (χ2v) is 9.79. The molecule has 0 nitrogen and oxygen atoms in total. The SMILES string of the molecule is Cc1ccc2c(c1)C1c3c-2ccc(C)c3CCC12c1ccccc1C1C=CC=CC12. The normalized spacial score (nSPS) is 28.9. The highest BCUT2D eigenvalue weighted by molar-refractivity contribution is 5.83. The summed E-state index contributed by atoms with van der Waals surface area (Å²) in [6.07, 6.45) is 12.0. The maximum atomic E-state index is 2.53. The molecule has 0 bridgehead atoms. The van der Waals surface area contributed by atoms with Gasteiger partial charge in [-0.15, -0.1) is 0 Å². The van der Waals surface area contributed by atoms with Gasteiger partial charge in [-0.1, -0.05) is 84.5 Å². The largest absolute Gasteiger partial charge is 0.0796 e. The van der Waals surface area contributed by atoms with E-state index < -0.39 is 0 Å². The Hall–Kier alpha value is -2.86. The summed E-state index contributed by atoms with van der Waals surface area (Å²) in [4.78, 5) is 0. The van der Waals surface area contributed by atoms with Crippen LogP contribution >= 0.6 is 0 Å². The first-order valence-electron chi connectivity index (χ1n) is 11.4. The summed E-state index contributed by atoms with van der Waals surface area (Å²) in [6.45, 7) is 4.56. The Bertz CT molecular complexity index is 1290. The molecule has 0 aliphatic heterocycles. The predicted molar refractivity (Wildman–Crippen MR) is 124 cm³/mol. The van der Waals surface area contributed by atoms with E-state index >= 15 is 0 Å². The van der Waals surface area contributed by atoms with Crippen LogP contribution in [-0.2, 0) is 11.8 Å². The molecule has 0 heteroatoms. The molecule has 4 unspecified atom stereocenters. The second-order valence-electron chi connectivity index (χ2n) is 9.79. The zero-order valence-corrected chi connectivity index (χ0v) is 17.7. The van der Waals surface area contributed by atoms with Crippen LogP contribution < -0.4 is 0 Å². The fourth-order valence-electron chi connectivity index (χ4n) is 7.44. The van der Waals surface area contributed by atoms with E-state index in [1.54, 1.807) is 27.8 Å². The van der Waals surface area contributed by atoms with Gasteiger partial charge < -0.3 is 0 Å². The minimum absolute atomic E-state index is 0.150. The highest BCUT2D eigenvalue weighted by atomic mass is 14.6. The van der Waals surface area contributed by atoms with E-state index in [0.717, 1.165) is 0 Å². The van der Waals surface area contributed by atoms with Crippen LogP contribution in [-0.4, -0.2) is 0 Å². The lowest BCUT2D eigenvalue weighted by Gasteiger charge is -2.47. The van der Waals surface area contributed by atoms with Gasteiger partial charge in [0.15, 0.2) is 0 Å². The lowest BCUT2D eigenvalue weighted by Crippen LogP contribution is -2.42. The van der Waals surface area contributed by atoms with E-state index in [-0.39, 0.29) is 5.41 Å². The van der Waals surface area contributed by atoms with E-state index in [9.17, 15) is 0 Å². The molecule has 4 aliphatic rings. The maximum absolute atomic E-state index is 2.53. The number of benzene rings is 3. The fraction of sp³-hybridized carbons (Fsp3) is 0.267. The molecular formula is C30H26. The molecule has 0 aromatic heterocycles. The van der Waals surface area contributed by atoms with Crippen molar-refractivity contribution in [3.8, 4) is 11.1 Å². The predicted octanol–water partition coefficient (Wildman–Crippen LogP) is 7.14. The van der Waals surface area contributed by atoms with Gasteiger partial charge >= 0.3 is 0 Å². The molecular weight excluding hydrogens is 360 g/mol. The minimum Gasteiger partial charge on any atom is -0.0796 e. The summed E-state index contributed by atoms with van der Waals surface area (Å²) in [5.74, 6) is 1.51. The maximum Gasteiger partial charge on any atom is 0.0208 e. The van der Waals surface area contributed by atoms with Crippen LogP contribution in [0.1, 0.15) is 57.2 Å². The van der Waals surface area contributed by atoms with Crippen molar-refractivity contribution in [2.24, 2.45) is 5.92 Å². The lowest BCUT2D eigenvalue weighted by atomic mass is 9.55.